The van der Waals surface area contributed by atoms with Crippen LogP contribution in [0.25, 0.3) is 11.0 Å². The Morgan fingerprint density at radius 2 is 1.76 bits per heavy atom. The van der Waals surface area contributed by atoms with Crippen LogP contribution in [0.15, 0.2) is 18.2 Å². The SMILES string of the molecule is CC[C@@H]1[C@@H]2CN(C(=O)[C@H](C3(C)CCCCC3)NC(=O)O[C@@H]3CCC[C@H]3CCCCCc3nc4ccc(OC)cc4nc3O2)[C@@H]1C=O. The standard InChI is InChI=1S/C36H50N4O6/c1-4-25-29(22-41)40-21-31(25)45-33-27(37-26-17-16-24(44-3)20-28(26)38-33)14-8-5-7-12-23-13-11-15-30(23)46-35(43)39-32(34(40)42)36(2)18-9-6-10-19-36/h16-17,20,22-23,25,29-32H,4-15,18-19,21H2,1-3H3,(H,39,43)/t23-,25+,29-,30-,31+,32-/m1/s1. The van der Waals surface area contributed by atoms with Crippen LogP contribution in [0.3, 0.4) is 0 Å². The molecule has 250 valence electrons. The molecular weight excluding hydrogens is 584 g/mol. The summed E-state index contributed by atoms with van der Waals surface area (Å²) >= 11 is 0. The zero-order valence-corrected chi connectivity index (χ0v) is 27.7. The molecule has 2 saturated carbocycles. The number of aromatic nitrogens is 2. The largest absolute Gasteiger partial charge is 0.497 e. The minimum atomic E-state index is -0.791. The number of methoxy groups -OCH3 is 1. The summed E-state index contributed by atoms with van der Waals surface area (Å²) in [6, 6.07) is 4.19. The Morgan fingerprint density at radius 1 is 0.978 bits per heavy atom. The van der Waals surface area contributed by atoms with Gasteiger partial charge in [0.05, 0.1) is 30.7 Å². The molecule has 3 heterocycles. The highest BCUT2D eigenvalue weighted by Crippen LogP contribution is 2.42. The van der Waals surface area contributed by atoms with Gasteiger partial charge in [-0.3, -0.25) is 4.79 Å². The summed E-state index contributed by atoms with van der Waals surface area (Å²) in [5.41, 5.74) is 1.81. The molecule has 6 atom stereocenters. The summed E-state index contributed by atoms with van der Waals surface area (Å²) in [4.78, 5) is 52.4. The minimum absolute atomic E-state index is 0.138. The zero-order valence-electron chi connectivity index (χ0n) is 27.7. The quantitative estimate of drug-likeness (QED) is 0.397. The summed E-state index contributed by atoms with van der Waals surface area (Å²) in [6.07, 6.45) is 12.8. The Balaban J connectivity index is 1.37. The molecule has 10 nitrogen and oxygen atoms in total. The number of carbonyl (C=O) groups excluding carboxylic acids is 3. The van der Waals surface area contributed by atoms with E-state index in [1.807, 2.05) is 25.1 Å². The lowest BCUT2D eigenvalue weighted by Gasteiger charge is -2.42. The van der Waals surface area contributed by atoms with Crippen LogP contribution in [0, 0.1) is 17.3 Å². The number of aryl methyl sites for hydroxylation is 1. The predicted molar refractivity (Wildman–Crippen MR) is 174 cm³/mol. The van der Waals surface area contributed by atoms with Crippen molar-refractivity contribution in [3.63, 3.8) is 0 Å². The van der Waals surface area contributed by atoms with E-state index in [1.54, 1.807) is 12.0 Å². The zero-order chi connectivity index (χ0) is 32.3. The van der Waals surface area contributed by atoms with E-state index in [4.69, 9.17) is 24.2 Å². The molecule has 46 heavy (non-hydrogen) atoms. The van der Waals surface area contributed by atoms with Crippen LogP contribution in [0.4, 0.5) is 4.79 Å². The summed E-state index contributed by atoms with van der Waals surface area (Å²) in [6.45, 7) is 4.35. The van der Waals surface area contributed by atoms with Gasteiger partial charge in [0.2, 0.25) is 11.8 Å². The molecule has 2 bridgehead atoms. The summed E-state index contributed by atoms with van der Waals surface area (Å²) in [5, 5.41) is 3.06. The van der Waals surface area contributed by atoms with Crippen molar-refractivity contribution in [2.24, 2.45) is 17.3 Å². The number of ether oxygens (including phenoxy) is 3. The molecule has 2 aliphatic heterocycles. The number of amides is 2. The van der Waals surface area contributed by atoms with Crippen molar-refractivity contribution in [3.05, 3.63) is 23.9 Å². The van der Waals surface area contributed by atoms with Gasteiger partial charge in [0, 0.05) is 12.0 Å². The summed E-state index contributed by atoms with van der Waals surface area (Å²) in [7, 11) is 1.62. The maximum Gasteiger partial charge on any atom is 0.408 e. The Bertz CT molecular complexity index is 1410. The van der Waals surface area contributed by atoms with Crippen LogP contribution < -0.4 is 14.8 Å². The van der Waals surface area contributed by atoms with E-state index in [-0.39, 0.29) is 24.5 Å². The molecular formula is C36H50N4O6. The van der Waals surface area contributed by atoms with Gasteiger partial charge in [-0.15, -0.1) is 0 Å². The highest BCUT2D eigenvalue weighted by molar-refractivity contribution is 5.89. The highest BCUT2D eigenvalue weighted by Gasteiger charge is 2.50. The summed E-state index contributed by atoms with van der Waals surface area (Å²) in [5.74, 6) is 0.998. The number of hydrogen-bond donors (Lipinski definition) is 1. The van der Waals surface area contributed by atoms with E-state index in [9.17, 15) is 14.4 Å². The molecule has 1 N–H and O–H groups in total. The molecule has 2 amide bonds. The normalized spacial score (nSPS) is 30.6. The Labute approximate surface area is 272 Å². The number of benzene rings is 1. The van der Waals surface area contributed by atoms with Crippen molar-refractivity contribution in [3.8, 4) is 11.6 Å². The third-order valence-electron chi connectivity index (χ3n) is 11.3. The first-order valence-electron chi connectivity index (χ1n) is 17.6. The van der Waals surface area contributed by atoms with Crippen LogP contribution in [0.5, 0.6) is 11.6 Å². The van der Waals surface area contributed by atoms with E-state index in [0.29, 0.717) is 35.9 Å². The van der Waals surface area contributed by atoms with Gasteiger partial charge in [-0.1, -0.05) is 46.0 Å². The first kappa shape index (κ1) is 32.5. The Hall–Kier alpha value is -3.43. The number of nitrogens with one attached hydrogen (secondary N) is 1. The van der Waals surface area contributed by atoms with Crippen molar-refractivity contribution in [1.82, 2.24) is 20.2 Å². The lowest BCUT2D eigenvalue weighted by Crippen LogP contribution is -2.58. The average molecular weight is 635 g/mol. The van der Waals surface area contributed by atoms with Crippen molar-refractivity contribution < 1.29 is 28.6 Å². The molecule has 0 radical (unpaired) electrons. The number of aldehydes is 1. The van der Waals surface area contributed by atoms with Crippen LogP contribution >= 0.6 is 0 Å². The number of alkyl carbamates (subject to hydrolysis) is 1. The van der Waals surface area contributed by atoms with E-state index < -0.39 is 29.7 Å². The van der Waals surface area contributed by atoms with Gasteiger partial charge in [-0.05, 0) is 81.3 Å². The maximum absolute atomic E-state index is 14.6. The maximum atomic E-state index is 14.6. The molecule has 2 aromatic rings. The fourth-order valence-corrected chi connectivity index (χ4v) is 8.53. The van der Waals surface area contributed by atoms with Crippen LogP contribution in [-0.4, -0.2) is 71.1 Å². The number of rotatable bonds is 4. The number of carbonyl (C=O) groups is 3. The first-order chi connectivity index (χ1) is 22.3. The van der Waals surface area contributed by atoms with E-state index in [2.05, 4.69) is 12.2 Å². The Kier molecular flexibility index (Phi) is 9.99. The molecule has 4 aliphatic rings. The van der Waals surface area contributed by atoms with Crippen molar-refractivity contribution >= 4 is 29.3 Å². The van der Waals surface area contributed by atoms with E-state index in [0.717, 1.165) is 94.5 Å². The number of hydrogen-bond acceptors (Lipinski definition) is 8. The molecule has 0 unspecified atom stereocenters. The van der Waals surface area contributed by atoms with Crippen molar-refractivity contribution in [1.29, 1.82) is 0 Å². The average Bonchev–Trinajstić information content (AvgIpc) is 3.65. The van der Waals surface area contributed by atoms with Gasteiger partial charge in [0.15, 0.2) is 0 Å². The second-order valence-electron chi connectivity index (χ2n) is 14.2. The lowest BCUT2D eigenvalue weighted by atomic mass is 9.70. The smallest absolute Gasteiger partial charge is 0.408 e. The van der Waals surface area contributed by atoms with E-state index >= 15 is 0 Å². The van der Waals surface area contributed by atoms with Crippen molar-refractivity contribution in [2.75, 3.05) is 13.7 Å². The monoisotopic (exact) mass is 634 g/mol. The van der Waals surface area contributed by atoms with Gasteiger partial charge < -0.3 is 29.2 Å². The lowest BCUT2D eigenvalue weighted by molar-refractivity contribution is -0.140. The van der Waals surface area contributed by atoms with Crippen molar-refractivity contribution in [2.45, 2.75) is 128 Å². The van der Waals surface area contributed by atoms with Gasteiger partial charge in [-0.25, -0.2) is 14.8 Å². The number of fused-ring (bicyclic) bond motifs is 5. The van der Waals surface area contributed by atoms with Crippen LogP contribution in [0.1, 0.15) is 103 Å². The third kappa shape index (κ3) is 6.67. The first-order valence-corrected chi connectivity index (χ1v) is 17.6. The molecule has 2 aliphatic carbocycles. The van der Waals surface area contributed by atoms with Crippen LogP contribution in [-0.2, 0) is 20.7 Å². The van der Waals surface area contributed by atoms with Gasteiger partial charge >= 0.3 is 6.09 Å². The fraction of sp³-hybridized carbons (Fsp3) is 0.694. The molecule has 10 heteroatoms. The second-order valence-corrected chi connectivity index (χ2v) is 14.2. The predicted octanol–water partition coefficient (Wildman–Crippen LogP) is 6.17. The molecule has 3 fully saturated rings. The second kappa shape index (κ2) is 14.1. The summed E-state index contributed by atoms with van der Waals surface area (Å²) < 4.78 is 18.2. The van der Waals surface area contributed by atoms with Gasteiger partial charge in [0.25, 0.3) is 0 Å². The third-order valence-corrected chi connectivity index (χ3v) is 11.3. The molecule has 6 rings (SSSR count). The molecule has 0 spiro atoms. The van der Waals surface area contributed by atoms with Crippen LogP contribution in [0.2, 0.25) is 0 Å². The van der Waals surface area contributed by atoms with Gasteiger partial charge in [-0.2, -0.15) is 0 Å². The molecule has 1 aromatic heterocycles. The minimum Gasteiger partial charge on any atom is -0.497 e. The molecule has 1 saturated heterocycles. The number of nitrogens with zero attached hydrogens (tertiary/aromatic N) is 3. The molecule has 1 aromatic carbocycles. The van der Waals surface area contributed by atoms with Gasteiger partial charge in [0.1, 0.15) is 36.0 Å². The fourth-order valence-electron chi connectivity index (χ4n) is 8.53. The Morgan fingerprint density at radius 3 is 2.52 bits per heavy atom. The topological polar surface area (TPSA) is 120 Å². The van der Waals surface area contributed by atoms with E-state index in [1.165, 1.54) is 0 Å². The highest BCUT2D eigenvalue weighted by atomic mass is 16.6.